The molecule has 2 nitrogen and oxygen atoms in total. The van der Waals surface area contributed by atoms with Crippen molar-refractivity contribution in [2.45, 2.75) is 33.8 Å². The normalized spacial score (nSPS) is 15.0. The molecule has 0 heterocycles. The van der Waals surface area contributed by atoms with Gasteiger partial charge in [-0.15, -0.1) is 0 Å². The molecule has 0 aliphatic rings. The highest BCUT2D eigenvalue weighted by molar-refractivity contribution is 4.44. The molecule has 0 bridgehead atoms. The molecule has 0 aromatic carbocycles. The van der Waals surface area contributed by atoms with Gasteiger partial charge in [0, 0.05) is 0 Å². The van der Waals surface area contributed by atoms with Crippen LogP contribution in [0.15, 0.2) is 0 Å². The topological polar surface area (TPSA) is 23.1 Å². The molecule has 0 N–H and O–H groups in total. The van der Waals surface area contributed by atoms with Crippen molar-refractivity contribution in [3.05, 3.63) is 0 Å². The van der Waals surface area contributed by atoms with Gasteiger partial charge in [0.15, 0.2) is 0 Å². The minimum Gasteiger partial charge on any atom is -0.848 e. The standard InChI is InChI=1S/C9H21NO/c1-5-10(6-2,7-3)8-9(4)11/h9H,5-8H2,1-4H3. The summed E-state index contributed by atoms with van der Waals surface area (Å²) < 4.78 is 0.977. The molecule has 0 spiro atoms. The Morgan fingerprint density at radius 3 is 1.55 bits per heavy atom. The first-order valence-corrected chi connectivity index (χ1v) is 4.61. The molecule has 0 radical (unpaired) electrons. The lowest BCUT2D eigenvalue weighted by Crippen LogP contribution is -2.53. The highest BCUT2D eigenvalue weighted by Gasteiger charge is 2.19. The van der Waals surface area contributed by atoms with Crippen LogP contribution in [0.4, 0.5) is 0 Å². The Morgan fingerprint density at radius 1 is 1.09 bits per heavy atom. The molecule has 0 aromatic rings. The van der Waals surface area contributed by atoms with E-state index in [1.807, 2.05) is 0 Å². The lowest BCUT2D eigenvalue weighted by molar-refractivity contribution is -0.931. The summed E-state index contributed by atoms with van der Waals surface area (Å²) in [6.07, 6.45) is -0.421. The fraction of sp³-hybridized carbons (Fsp3) is 1.00. The summed E-state index contributed by atoms with van der Waals surface area (Å²) in [7, 11) is 0. The summed E-state index contributed by atoms with van der Waals surface area (Å²) in [5.74, 6) is 0. The van der Waals surface area contributed by atoms with Crippen molar-refractivity contribution in [1.82, 2.24) is 0 Å². The Morgan fingerprint density at radius 2 is 1.45 bits per heavy atom. The van der Waals surface area contributed by atoms with Gasteiger partial charge in [-0.3, -0.25) is 0 Å². The van der Waals surface area contributed by atoms with Crippen molar-refractivity contribution in [2.24, 2.45) is 0 Å². The third-order valence-corrected chi connectivity index (χ3v) is 2.66. The van der Waals surface area contributed by atoms with E-state index in [1.54, 1.807) is 6.92 Å². The van der Waals surface area contributed by atoms with Gasteiger partial charge in [0.05, 0.1) is 26.2 Å². The molecule has 0 saturated carbocycles. The minimum absolute atomic E-state index is 0.421. The largest absolute Gasteiger partial charge is 0.848 e. The molecule has 0 aliphatic carbocycles. The summed E-state index contributed by atoms with van der Waals surface area (Å²) in [5, 5.41) is 11.0. The van der Waals surface area contributed by atoms with E-state index in [0.717, 1.165) is 30.7 Å². The predicted octanol–water partition coefficient (Wildman–Crippen LogP) is 0.612. The van der Waals surface area contributed by atoms with Crippen LogP contribution in [0.2, 0.25) is 0 Å². The van der Waals surface area contributed by atoms with Crippen LogP contribution in [0, 0.1) is 0 Å². The van der Waals surface area contributed by atoms with Crippen molar-refractivity contribution >= 4 is 0 Å². The molecule has 0 saturated heterocycles. The predicted molar refractivity (Wildman–Crippen MR) is 46.2 cm³/mol. The minimum atomic E-state index is -0.421. The molecule has 0 aliphatic heterocycles. The van der Waals surface area contributed by atoms with Crippen LogP contribution in [0.5, 0.6) is 0 Å². The first kappa shape index (κ1) is 10.9. The van der Waals surface area contributed by atoms with Gasteiger partial charge < -0.3 is 9.59 Å². The Hall–Kier alpha value is -0.0800. The van der Waals surface area contributed by atoms with Crippen molar-refractivity contribution < 1.29 is 9.59 Å². The van der Waals surface area contributed by atoms with Crippen LogP contribution in [-0.2, 0) is 0 Å². The summed E-state index contributed by atoms with van der Waals surface area (Å²) in [6, 6.07) is 0. The summed E-state index contributed by atoms with van der Waals surface area (Å²) >= 11 is 0. The number of nitrogens with zero attached hydrogens (tertiary/aromatic N) is 1. The molecular weight excluding hydrogens is 138 g/mol. The maximum Gasteiger partial charge on any atom is 0.0757 e. The van der Waals surface area contributed by atoms with E-state index in [-0.39, 0.29) is 0 Å². The van der Waals surface area contributed by atoms with Crippen LogP contribution in [0.3, 0.4) is 0 Å². The van der Waals surface area contributed by atoms with Crippen LogP contribution in [0.1, 0.15) is 27.7 Å². The molecule has 1 atom stereocenters. The number of likely N-dealkylation sites (N-methyl/N-ethyl adjacent to an activating group) is 1. The van der Waals surface area contributed by atoms with E-state index >= 15 is 0 Å². The van der Waals surface area contributed by atoms with Gasteiger partial charge in [0.2, 0.25) is 0 Å². The molecular formula is C9H21NO. The highest BCUT2D eigenvalue weighted by Crippen LogP contribution is 2.05. The smallest absolute Gasteiger partial charge is 0.0757 e. The molecule has 0 amide bonds. The van der Waals surface area contributed by atoms with E-state index in [2.05, 4.69) is 20.8 Å². The summed E-state index contributed by atoms with van der Waals surface area (Å²) in [4.78, 5) is 0. The van der Waals surface area contributed by atoms with Crippen LogP contribution in [-0.4, -0.2) is 36.8 Å². The van der Waals surface area contributed by atoms with Crippen molar-refractivity contribution in [2.75, 3.05) is 26.2 Å². The van der Waals surface area contributed by atoms with Gasteiger partial charge in [-0.05, 0) is 20.8 Å². The van der Waals surface area contributed by atoms with Crippen molar-refractivity contribution in [3.8, 4) is 0 Å². The second-order valence-corrected chi connectivity index (χ2v) is 3.28. The monoisotopic (exact) mass is 159 g/mol. The van der Waals surface area contributed by atoms with Gasteiger partial charge in [-0.25, -0.2) is 0 Å². The SMILES string of the molecule is CC[N+](CC)(CC)CC(C)[O-]. The zero-order valence-electron chi connectivity index (χ0n) is 8.26. The lowest BCUT2D eigenvalue weighted by Gasteiger charge is -2.39. The average molecular weight is 159 g/mol. The molecule has 0 aromatic heterocycles. The maximum absolute atomic E-state index is 11.0. The third-order valence-electron chi connectivity index (χ3n) is 2.66. The van der Waals surface area contributed by atoms with Crippen LogP contribution in [0.25, 0.3) is 0 Å². The quantitative estimate of drug-likeness (QED) is 0.539. The number of quaternary nitrogens is 1. The number of rotatable bonds is 5. The maximum atomic E-state index is 11.0. The highest BCUT2D eigenvalue weighted by atomic mass is 16.3. The van der Waals surface area contributed by atoms with E-state index in [4.69, 9.17) is 0 Å². The van der Waals surface area contributed by atoms with Gasteiger partial charge in [0.1, 0.15) is 0 Å². The Kier molecular flexibility index (Phi) is 4.69. The molecule has 11 heavy (non-hydrogen) atoms. The van der Waals surface area contributed by atoms with Gasteiger partial charge in [0.25, 0.3) is 0 Å². The Labute approximate surface area is 70.4 Å². The zero-order valence-corrected chi connectivity index (χ0v) is 8.26. The summed E-state index contributed by atoms with van der Waals surface area (Å²) in [6.45, 7) is 12.3. The van der Waals surface area contributed by atoms with Gasteiger partial charge >= 0.3 is 0 Å². The second kappa shape index (κ2) is 4.73. The van der Waals surface area contributed by atoms with E-state index in [1.165, 1.54) is 0 Å². The van der Waals surface area contributed by atoms with E-state index < -0.39 is 6.10 Å². The lowest BCUT2D eigenvalue weighted by atomic mass is 10.2. The Bertz CT molecular complexity index is 89.5. The fourth-order valence-electron chi connectivity index (χ4n) is 1.60. The third kappa shape index (κ3) is 3.21. The van der Waals surface area contributed by atoms with Crippen molar-refractivity contribution in [3.63, 3.8) is 0 Å². The molecule has 68 valence electrons. The first-order chi connectivity index (χ1) is 5.10. The first-order valence-electron chi connectivity index (χ1n) is 4.61. The summed E-state index contributed by atoms with van der Waals surface area (Å²) in [5.41, 5.74) is 0. The van der Waals surface area contributed by atoms with Crippen molar-refractivity contribution in [1.29, 1.82) is 0 Å². The fourth-order valence-corrected chi connectivity index (χ4v) is 1.60. The van der Waals surface area contributed by atoms with E-state index in [0.29, 0.717) is 0 Å². The van der Waals surface area contributed by atoms with Crippen LogP contribution < -0.4 is 5.11 Å². The molecule has 0 rings (SSSR count). The van der Waals surface area contributed by atoms with Crippen LogP contribution >= 0.6 is 0 Å². The van der Waals surface area contributed by atoms with E-state index in [9.17, 15) is 5.11 Å². The zero-order chi connectivity index (χ0) is 8.91. The molecule has 1 unspecified atom stereocenters. The number of hydrogen-bond donors (Lipinski definition) is 0. The van der Waals surface area contributed by atoms with Gasteiger partial charge in [-0.1, -0.05) is 13.0 Å². The number of hydrogen-bond acceptors (Lipinski definition) is 1. The Balaban J connectivity index is 4.05. The van der Waals surface area contributed by atoms with Gasteiger partial charge in [-0.2, -0.15) is 0 Å². The second-order valence-electron chi connectivity index (χ2n) is 3.28. The molecule has 0 fully saturated rings. The average Bonchev–Trinajstić information content (AvgIpc) is 2.00. The molecule has 2 heteroatoms.